The minimum absolute atomic E-state index is 0.262. The van der Waals surface area contributed by atoms with Crippen molar-refractivity contribution >= 4 is 16.8 Å². The fourth-order valence-electron chi connectivity index (χ4n) is 1.91. The summed E-state index contributed by atoms with van der Waals surface area (Å²) >= 11 is 5.36. The van der Waals surface area contributed by atoms with Gasteiger partial charge in [-0.05, 0) is 30.7 Å². The number of benzene rings is 1. The smallest absolute Gasteiger partial charge is 0.297 e. The third-order valence-corrected chi connectivity index (χ3v) is 3.19. The van der Waals surface area contributed by atoms with Gasteiger partial charge in [0, 0.05) is 6.20 Å². The lowest BCUT2D eigenvalue weighted by Gasteiger charge is -2.10. The predicted octanol–water partition coefficient (Wildman–Crippen LogP) is 1.66. The second kappa shape index (κ2) is 6.05. The van der Waals surface area contributed by atoms with Gasteiger partial charge in [0.25, 0.3) is 10.8 Å². The summed E-state index contributed by atoms with van der Waals surface area (Å²) in [5.41, 5.74) is -0.671. The highest BCUT2D eigenvalue weighted by Gasteiger charge is 2.16. The van der Waals surface area contributed by atoms with E-state index < -0.39 is 23.2 Å². The van der Waals surface area contributed by atoms with E-state index in [4.69, 9.17) is 11.6 Å². The molecule has 0 atom stereocenters. The summed E-state index contributed by atoms with van der Waals surface area (Å²) in [5.74, 6) is 0. The number of nitrogens with zero attached hydrogens (tertiary/aromatic N) is 2. The molecule has 0 aliphatic heterocycles. The molecule has 1 heterocycles. The van der Waals surface area contributed by atoms with Crippen molar-refractivity contribution in [3.63, 3.8) is 0 Å². The van der Waals surface area contributed by atoms with Crippen LogP contribution in [0.5, 0.6) is 0 Å². The minimum Gasteiger partial charge on any atom is -0.297 e. The second-order valence-corrected chi connectivity index (χ2v) is 4.80. The van der Waals surface area contributed by atoms with Crippen LogP contribution < -0.4 is 11.2 Å². The molecule has 0 saturated heterocycles. The number of aryl methyl sites for hydroxylation is 2. The summed E-state index contributed by atoms with van der Waals surface area (Å²) in [6.45, 7) is 0.788. The fraction of sp³-hybridized carbons (Fsp3) is 0.214. The summed E-state index contributed by atoms with van der Waals surface area (Å²) < 4.78 is 14.3. The molecule has 110 valence electrons. The molecule has 0 fully saturated rings. The molecule has 0 saturated carbocycles. The van der Waals surface area contributed by atoms with Crippen molar-refractivity contribution in [1.82, 2.24) is 9.13 Å². The molecule has 21 heavy (non-hydrogen) atoms. The van der Waals surface area contributed by atoms with Gasteiger partial charge in [-0.2, -0.15) is 0 Å². The highest BCUT2D eigenvalue weighted by molar-refractivity contribution is 6.67. The molecule has 0 N–H and O–H groups in total. The Balaban J connectivity index is 2.80. The first kappa shape index (κ1) is 15.2. The average Bonchev–Trinajstić information content (AvgIpc) is 2.44. The van der Waals surface area contributed by atoms with Gasteiger partial charge in [-0.25, -0.2) is 13.8 Å². The van der Waals surface area contributed by atoms with Gasteiger partial charge < -0.3 is 0 Å². The molecular formula is C14H12ClFN2O3. The summed E-state index contributed by atoms with van der Waals surface area (Å²) in [6.07, 6.45) is 0.990. The molecule has 7 heteroatoms. The van der Waals surface area contributed by atoms with Crippen LogP contribution in [0.1, 0.15) is 15.9 Å². The van der Waals surface area contributed by atoms with E-state index in [-0.39, 0.29) is 12.1 Å². The molecule has 0 aliphatic carbocycles. The van der Waals surface area contributed by atoms with Gasteiger partial charge in [0.15, 0.2) is 0 Å². The SMILES string of the molecule is Cc1ccc(-n2c(=O)c(C(=O)Cl)cn(CCF)c2=O)cc1. The normalized spacial score (nSPS) is 10.6. The van der Waals surface area contributed by atoms with Crippen LogP contribution in [0.25, 0.3) is 5.69 Å². The zero-order valence-corrected chi connectivity index (χ0v) is 11.9. The number of rotatable bonds is 4. The molecule has 0 aliphatic rings. The summed E-state index contributed by atoms with van der Waals surface area (Å²) in [6, 6.07) is 6.58. The Morgan fingerprint density at radius 1 is 1.24 bits per heavy atom. The summed E-state index contributed by atoms with van der Waals surface area (Å²) in [7, 11) is 0. The standard InChI is InChI=1S/C14H12ClFN2O3/c1-9-2-4-10(5-3-9)18-13(20)11(12(15)19)8-17(7-6-16)14(18)21/h2-5,8H,6-7H2,1H3. The Kier molecular flexibility index (Phi) is 4.37. The number of halogens is 2. The maximum atomic E-state index is 12.5. The van der Waals surface area contributed by atoms with E-state index in [1.54, 1.807) is 24.3 Å². The Labute approximate surface area is 124 Å². The van der Waals surface area contributed by atoms with E-state index in [1.165, 1.54) is 0 Å². The monoisotopic (exact) mass is 310 g/mol. The van der Waals surface area contributed by atoms with Crippen LogP contribution in [0.15, 0.2) is 40.1 Å². The van der Waals surface area contributed by atoms with Crippen molar-refractivity contribution in [2.45, 2.75) is 13.5 Å². The first-order chi connectivity index (χ1) is 9.95. The molecule has 0 radical (unpaired) electrons. The van der Waals surface area contributed by atoms with E-state index in [0.717, 1.165) is 20.9 Å². The molecule has 0 amide bonds. The molecule has 1 aromatic carbocycles. The van der Waals surface area contributed by atoms with E-state index in [1.807, 2.05) is 6.92 Å². The van der Waals surface area contributed by atoms with Crippen molar-refractivity contribution in [1.29, 1.82) is 0 Å². The average molecular weight is 311 g/mol. The number of alkyl halides is 1. The topological polar surface area (TPSA) is 61.1 Å². The van der Waals surface area contributed by atoms with Crippen LogP contribution in [0.3, 0.4) is 0 Å². The second-order valence-electron chi connectivity index (χ2n) is 4.46. The first-order valence-electron chi connectivity index (χ1n) is 6.15. The van der Waals surface area contributed by atoms with Crippen molar-refractivity contribution in [2.24, 2.45) is 0 Å². The third kappa shape index (κ3) is 2.95. The van der Waals surface area contributed by atoms with E-state index >= 15 is 0 Å². The number of hydrogen-bond acceptors (Lipinski definition) is 3. The van der Waals surface area contributed by atoms with Gasteiger partial charge in [0.05, 0.1) is 12.2 Å². The van der Waals surface area contributed by atoms with Gasteiger partial charge in [-0.15, -0.1) is 0 Å². The number of carbonyl (C=O) groups is 1. The van der Waals surface area contributed by atoms with E-state index in [9.17, 15) is 18.8 Å². The van der Waals surface area contributed by atoms with Crippen LogP contribution in [0, 0.1) is 6.92 Å². The molecule has 5 nitrogen and oxygen atoms in total. The van der Waals surface area contributed by atoms with Gasteiger partial charge in [0.1, 0.15) is 12.2 Å². The van der Waals surface area contributed by atoms with Gasteiger partial charge in [-0.3, -0.25) is 14.2 Å². The third-order valence-electron chi connectivity index (χ3n) is 2.98. The zero-order valence-electron chi connectivity index (χ0n) is 11.2. The first-order valence-corrected chi connectivity index (χ1v) is 6.53. The quantitative estimate of drug-likeness (QED) is 0.807. The summed E-state index contributed by atoms with van der Waals surface area (Å²) in [4.78, 5) is 35.8. The molecule has 0 unspecified atom stereocenters. The van der Waals surface area contributed by atoms with Gasteiger partial charge in [-0.1, -0.05) is 17.7 Å². The lowest BCUT2D eigenvalue weighted by Crippen LogP contribution is -2.41. The van der Waals surface area contributed by atoms with E-state index in [2.05, 4.69) is 0 Å². The van der Waals surface area contributed by atoms with Crippen LogP contribution in [0.2, 0.25) is 0 Å². The lowest BCUT2D eigenvalue weighted by molar-refractivity contribution is 0.107. The lowest BCUT2D eigenvalue weighted by atomic mass is 10.2. The zero-order chi connectivity index (χ0) is 15.6. The number of carbonyl (C=O) groups excluding carboxylic acids is 1. The molecule has 2 rings (SSSR count). The highest BCUT2D eigenvalue weighted by atomic mass is 35.5. The van der Waals surface area contributed by atoms with Crippen LogP contribution in [-0.4, -0.2) is 21.1 Å². The predicted molar refractivity (Wildman–Crippen MR) is 77.2 cm³/mol. The number of hydrogen-bond donors (Lipinski definition) is 0. The maximum absolute atomic E-state index is 12.5. The van der Waals surface area contributed by atoms with Crippen LogP contribution >= 0.6 is 11.6 Å². The molecule has 0 spiro atoms. The Morgan fingerprint density at radius 3 is 2.38 bits per heavy atom. The number of aromatic nitrogens is 2. The van der Waals surface area contributed by atoms with Crippen molar-refractivity contribution in [3.05, 3.63) is 62.4 Å². The van der Waals surface area contributed by atoms with Crippen molar-refractivity contribution in [2.75, 3.05) is 6.67 Å². The Hall–Kier alpha value is -2.21. The van der Waals surface area contributed by atoms with Crippen LogP contribution in [0.4, 0.5) is 4.39 Å². The molecule has 0 bridgehead atoms. The fourth-order valence-corrected chi connectivity index (χ4v) is 2.04. The van der Waals surface area contributed by atoms with E-state index in [0.29, 0.717) is 5.69 Å². The maximum Gasteiger partial charge on any atom is 0.335 e. The van der Waals surface area contributed by atoms with Gasteiger partial charge >= 0.3 is 5.69 Å². The van der Waals surface area contributed by atoms with Crippen molar-refractivity contribution < 1.29 is 9.18 Å². The summed E-state index contributed by atoms with van der Waals surface area (Å²) in [5, 5.41) is -0.992. The molecule has 2 aromatic rings. The Morgan fingerprint density at radius 2 is 1.86 bits per heavy atom. The Bertz CT molecular complexity index is 793. The minimum atomic E-state index is -0.992. The van der Waals surface area contributed by atoms with Crippen LogP contribution in [-0.2, 0) is 6.54 Å². The van der Waals surface area contributed by atoms with Gasteiger partial charge in [0.2, 0.25) is 0 Å². The molecule has 1 aromatic heterocycles. The highest BCUT2D eigenvalue weighted by Crippen LogP contribution is 2.06. The molecular weight excluding hydrogens is 299 g/mol. The largest absolute Gasteiger partial charge is 0.335 e. The van der Waals surface area contributed by atoms with Crippen molar-refractivity contribution in [3.8, 4) is 5.69 Å².